The van der Waals surface area contributed by atoms with Crippen molar-refractivity contribution in [2.75, 3.05) is 6.61 Å². The molecule has 1 aliphatic heterocycles. The standard InChI is InChI=1S/C12H14F2O5/c1-12(13,14)3-18-10(16)6-4-2-5-7(6)11(17)19-9(5)8(4)15/h4-9,15H,2-3H2,1H3. The number of carbonyl (C=O) groups excluding carboxylic acids is 2. The van der Waals surface area contributed by atoms with E-state index >= 15 is 0 Å². The Bertz CT molecular complexity index is 432. The summed E-state index contributed by atoms with van der Waals surface area (Å²) < 4.78 is 35.0. The maximum atomic E-state index is 12.7. The molecule has 0 spiro atoms. The SMILES string of the molecule is CC(F)(F)COC(=O)C1C2CC3C(OC(=O)C31)C2O. The summed E-state index contributed by atoms with van der Waals surface area (Å²) in [5.74, 6) is -6.58. The molecule has 5 nitrogen and oxygen atoms in total. The van der Waals surface area contributed by atoms with Gasteiger partial charge in [0.05, 0.1) is 17.9 Å². The molecule has 1 saturated heterocycles. The monoisotopic (exact) mass is 276 g/mol. The van der Waals surface area contributed by atoms with Crippen molar-refractivity contribution in [2.45, 2.75) is 31.5 Å². The Labute approximate surface area is 107 Å². The van der Waals surface area contributed by atoms with Gasteiger partial charge in [-0.3, -0.25) is 9.59 Å². The third-order valence-electron chi connectivity index (χ3n) is 4.32. The van der Waals surface area contributed by atoms with Crippen LogP contribution in [0.2, 0.25) is 0 Å². The first-order valence-corrected chi connectivity index (χ1v) is 6.22. The number of hydrogen-bond acceptors (Lipinski definition) is 5. The second-order valence-electron chi connectivity index (χ2n) is 5.68. The summed E-state index contributed by atoms with van der Waals surface area (Å²) in [4.78, 5) is 23.6. The number of alkyl halides is 2. The number of carbonyl (C=O) groups is 2. The first-order chi connectivity index (χ1) is 8.79. The molecule has 2 bridgehead atoms. The number of rotatable bonds is 3. The Morgan fingerprint density at radius 3 is 2.84 bits per heavy atom. The van der Waals surface area contributed by atoms with Crippen molar-refractivity contribution in [3.8, 4) is 0 Å². The van der Waals surface area contributed by atoms with Gasteiger partial charge in [-0.15, -0.1) is 0 Å². The van der Waals surface area contributed by atoms with Gasteiger partial charge < -0.3 is 14.6 Å². The third-order valence-corrected chi connectivity index (χ3v) is 4.32. The number of fused-ring (bicyclic) bond motifs is 1. The highest BCUT2D eigenvalue weighted by Crippen LogP contribution is 2.58. The first kappa shape index (κ1) is 12.8. The van der Waals surface area contributed by atoms with E-state index in [-0.39, 0.29) is 5.92 Å². The number of ether oxygens (including phenoxy) is 2. The summed E-state index contributed by atoms with van der Waals surface area (Å²) in [6, 6.07) is 0. The normalized spacial score (nSPS) is 43.5. The van der Waals surface area contributed by atoms with Crippen molar-refractivity contribution < 1.29 is 33.0 Å². The third kappa shape index (κ3) is 1.82. The van der Waals surface area contributed by atoms with E-state index in [4.69, 9.17) is 4.74 Å². The molecule has 106 valence electrons. The summed E-state index contributed by atoms with van der Waals surface area (Å²) >= 11 is 0. The van der Waals surface area contributed by atoms with Crippen LogP contribution in [0, 0.1) is 23.7 Å². The fourth-order valence-corrected chi connectivity index (χ4v) is 3.63. The zero-order valence-corrected chi connectivity index (χ0v) is 10.2. The van der Waals surface area contributed by atoms with E-state index in [1.807, 2.05) is 0 Å². The molecule has 0 aromatic carbocycles. The van der Waals surface area contributed by atoms with Gasteiger partial charge in [0.1, 0.15) is 6.10 Å². The highest BCUT2D eigenvalue weighted by Gasteiger charge is 2.68. The molecule has 0 aromatic rings. The van der Waals surface area contributed by atoms with E-state index < -0.39 is 54.4 Å². The van der Waals surface area contributed by atoms with Crippen LogP contribution in [-0.4, -0.2) is 41.8 Å². The molecule has 2 saturated carbocycles. The van der Waals surface area contributed by atoms with Crippen LogP contribution in [-0.2, 0) is 19.1 Å². The maximum Gasteiger partial charge on any atom is 0.310 e. The van der Waals surface area contributed by atoms with Crippen molar-refractivity contribution in [1.82, 2.24) is 0 Å². The molecule has 3 fully saturated rings. The largest absolute Gasteiger partial charge is 0.459 e. The molecule has 3 aliphatic rings. The Hall–Kier alpha value is -1.24. The van der Waals surface area contributed by atoms with Crippen molar-refractivity contribution in [3.05, 3.63) is 0 Å². The zero-order valence-electron chi connectivity index (χ0n) is 10.2. The van der Waals surface area contributed by atoms with Crippen molar-refractivity contribution >= 4 is 11.9 Å². The summed E-state index contributed by atoms with van der Waals surface area (Å²) in [6.45, 7) is -0.364. The Morgan fingerprint density at radius 1 is 1.53 bits per heavy atom. The van der Waals surface area contributed by atoms with Gasteiger partial charge in [0.25, 0.3) is 5.92 Å². The predicted molar refractivity (Wildman–Crippen MR) is 56.0 cm³/mol. The number of aliphatic hydroxyl groups is 1. The molecule has 2 aliphatic carbocycles. The Kier molecular flexibility index (Phi) is 2.61. The predicted octanol–water partition coefficient (Wildman–Crippen LogP) is 0.353. The summed E-state index contributed by atoms with van der Waals surface area (Å²) in [6.07, 6.45) is -0.934. The van der Waals surface area contributed by atoms with Crippen LogP contribution >= 0.6 is 0 Å². The van der Waals surface area contributed by atoms with Crippen LogP contribution in [0.3, 0.4) is 0 Å². The van der Waals surface area contributed by atoms with Crippen molar-refractivity contribution in [3.63, 3.8) is 0 Å². The molecule has 3 rings (SSSR count). The molecule has 0 amide bonds. The number of esters is 2. The van der Waals surface area contributed by atoms with Gasteiger partial charge in [-0.25, -0.2) is 8.78 Å². The Morgan fingerprint density at radius 2 is 2.21 bits per heavy atom. The van der Waals surface area contributed by atoms with Gasteiger partial charge in [-0.2, -0.15) is 0 Å². The minimum absolute atomic E-state index is 0.188. The first-order valence-electron chi connectivity index (χ1n) is 6.22. The zero-order chi connectivity index (χ0) is 13.9. The smallest absolute Gasteiger partial charge is 0.310 e. The van der Waals surface area contributed by atoms with E-state index in [9.17, 15) is 23.5 Å². The highest BCUT2D eigenvalue weighted by molar-refractivity contribution is 5.86. The molecular weight excluding hydrogens is 262 g/mol. The highest BCUT2D eigenvalue weighted by atomic mass is 19.3. The topological polar surface area (TPSA) is 72.8 Å². The molecule has 1 heterocycles. The van der Waals surface area contributed by atoms with Gasteiger partial charge in [0.2, 0.25) is 0 Å². The second kappa shape index (κ2) is 3.88. The van der Waals surface area contributed by atoms with E-state index in [2.05, 4.69) is 4.74 Å². The lowest BCUT2D eigenvalue weighted by molar-refractivity contribution is -0.164. The van der Waals surface area contributed by atoms with E-state index in [1.54, 1.807) is 0 Å². The van der Waals surface area contributed by atoms with Crippen molar-refractivity contribution in [1.29, 1.82) is 0 Å². The average molecular weight is 276 g/mol. The lowest BCUT2D eigenvalue weighted by atomic mass is 9.78. The molecule has 6 unspecified atom stereocenters. The van der Waals surface area contributed by atoms with Crippen LogP contribution in [0.1, 0.15) is 13.3 Å². The van der Waals surface area contributed by atoms with Gasteiger partial charge >= 0.3 is 11.9 Å². The van der Waals surface area contributed by atoms with Crippen LogP contribution in [0.25, 0.3) is 0 Å². The summed E-state index contributed by atoms with van der Waals surface area (Å²) in [7, 11) is 0. The fraction of sp³-hybridized carbons (Fsp3) is 0.833. The van der Waals surface area contributed by atoms with E-state index in [0.717, 1.165) is 0 Å². The summed E-state index contributed by atoms with van der Waals surface area (Å²) in [5.41, 5.74) is 0. The van der Waals surface area contributed by atoms with Gasteiger partial charge in [-0.05, 0) is 6.42 Å². The number of halogens is 2. The molecule has 1 N–H and O–H groups in total. The van der Waals surface area contributed by atoms with Crippen LogP contribution < -0.4 is 0 Å². The number of aliphatic hydroxyl groups excluding tert-OH is 1. The minimum Gasteiger partial charge on any atom is -0.459 e. The second-order valence-corrected chi connectivity index (χ2v) is 5.68. The van der Waals surface area contributed by atoms with Gasteiger partial charge in [-0.1, -0.05) is 0 Å². The van der Waals surface area contributed by atoms with Crippen LogP contribution in [0.4, 0.5) is 8.78 Å². The van der Waals surface area contributed by atoms with Gasteiger partial charge in [0, 0.05) is 18.8 Å². The molecule has 19 heavy (non-hydrogen) atoms. The molecule has 0 radical (unpaired) electrons. The fourth-order valence-electron chi connectivity index (χ4n) is 3.63. The van der Waals surface area contributed by atoms with Gasteiger partial charge in [0.15, 0.2) is 6.61 Å². The van der Waals surface area contributed by atoms with E-state index in [1.165, 1.54) is 0 Å². The molecule has 0 aromatic heterocycles. The van der Waals surface area contributed by atoms with Crippen LogP contribution in [0.15, 0.2) is 0 Å². The molecule has 7 heteroatoms. The lowest BCUT2D eigenvalue weighted by Crippen LogP contribution is -2.42. The quantitative estimate of drug-likeness (QED) is 0.753. The average Bonchev–Trinajstić information content (AvgIpc) is 2.89. The van der Waals surface area contributed by atoms with Crippen LogP contribution in [0.5, 0.6) is 0 Å². The summed E-state index contributed by atoms with van der Waals surface area (Å²) in [5, 5.41) is 9.94. The maximum absolute atomic E-state index is 12.7. The van der Waals surface area contributed by atoms with Crippen molar-refractivity contribution in [2.24, 2.45) is 23.7 Å². The molecular formula is C12H14F2O5. The minimum atomic E-state index is -3.11. The van der Waals surface area contributed by atoms with E-state index in [0.29, 0.717) is 13.3 Å². The Balaban J connectivity index is 1.75. The molecule has 6 atom stereocenters. The number of hydrogen-bond donors (Lipinski definition) is 1. The lowest BCUT2D eigenvalue weighted by Gasteiger charge is -2.27.